The number of nitrogens with one attached hydrogen (secondary N) is 1. The highest BCUT2D eigenvalue weighted by molar-refractivity contribution is 5.49. The van der Waals surface area contributed by atoms with E-state index in [1.54, 1.807) is 7.11 Å². The highest BCUT2D eigenvalue weighted by Gasteiger charge is 2.21. The molecule has 1 heterocycles. The van der Waals surface area contributed by atoms with Crippen molar-refractivity contribution < 1.29 is 4.74 Å². The minimum Gasteiger partial charge on any atom is -0.496 e. The third-order valence-electron chi connectivity index (χ3n) is 3.68. The van der Waals surface area contributed by atoms with Gasteiger partial charge in [0.25, 0.3) is 0 Å². The van der Waals surface area contributed by atoms with E-state index in [9.17, 15) is 0 Å². The van der Waals surface area contributed by atoms with Crippen molar-refractivity contribution in [1.29, 1.82) is 0 Å². The fraction of sp³-hybridized carbons (Fsp3) is 0.353. The number of rotatable bonds is 4. The van der Waals surface area contributed by atoms with Crippen LogP contribution in [-0.4, -0.2) is 19.1 Å². The van der Waals surface area contributed by atoms with Gasteiger partial charge in [-0.25, -0.2) is 0 Å². The zero-order valence-electron chi connectivity index (χ0n) is 12.8. The molecule has 0 bridgehead atoms. The molecule has 1 aromatic carbocycles. The van der Waals surface area contributed by atoms with Crippen molar-refractivity contribution in [2.24, 2.45) is 0 Å². The van der Waals surface area contributed by atoms with E-state index in [0.29, 0.717) is 0 Å². The average Bonchev–Trinajstić information content (AvgIpc) is 2.43. The standard InChI is InChI=1S/C17H22N2O/c1-11-8-13(3)16(15(9-11)20-5)17(18-4)14-10-19-7-6-12(14)2/h6-10,17-18H,1-5H3. The SMILES string of the molecule is CNC(c1cnccc1C)c1c(C)cc(C)cc1OC. The first kappa shape index (κ1) is 14.5. The van der Waals surface area contributed by atoms with Crippen LogP contribution in [0.2, 0.25) is 0 Å². The Kier molecular flexibility index (Phi) is 4.40. The molecule has 3 heteroatoms. The smallest absolute Gasteiger partial charge is 0.124 e. The van der Waals surface area contributed by atoms with Gasteiger partial charge in [-0.2, -0.15) is 0 Å². The van der Waals surface area contributed by atoms with Crippen LogP contribution in [0.1, 0.15) is 33.9 Å². The molecule has 0 aliphatic rings. The number of ether oxygens (including phenoxy) is 1. The molecule has 0 amide bonds. The summed E-state index contributed by atoms with van der Waals surface area (Å²) in [5.74, 6) is 0.921. The second kappa shape index (κ2) is 6.06. The number of methoxy groups -OCH3 is 1. The first-order chi connectivity index (χ1) is 9.58. The van der Waals surface area contributed by atoms with Crippen LogP contribution >= 0.6 is 0 Å². The van der Waals surface area contributed by atoms with E-state index in [2.05, 4.69) is 43.2 Å². The van der Waals surface area contributed by atoms with Gasteiger partial charge < -0.3 is 10.1 Å². The van der Waals surface area contributed by atoms with Crippen LogP contribution in [0.5, 0.6) is 5.75 Å². The molecule has 0 fully saturated rings. The lowest BCUT2D eigenvalue weighted by Crippen LogP contribution is -2.21. The Labute approximate surface area is 121 Å². The molecule has 1 unspecified atom stereocenters. The molecule has 2 rings (SSSR count). The molecule has 1 atom stereocenters. The first-order valence-electron chi connectivity index (χ1n) is 6.81. The second-order valence-corrected chi connectivity index (χ2v) is 5.15. The molecule has 0 aliphatic heterocycles. The van der Waals surface area contributed by atoms with Crippen LogP contribution < -0.4 is 10.1 Å². The van der Waals surface area contributed by atoms with Crippen molar-refractivity contribution in [3.63, 3.8) is 0 Å². The molecule has 2 aromatic rings. The molecule has 0 saturated heterocycles. The molecule has 1 aromatic heterocycles. The predicted molar refractivity (Wildman–Crippen MR) is 82.3 cm³/mol. The summed E-state index contributed by atoms with van der Waals surface area (Å²) in [6, 6.07) is 6.39. The van der Waals surface area contributed by atoms with Crippen molar-refractivity contribution in [1.82, 2.24) is 10.3 Å². The van der Waals surface area contributed by atoms with Gasteiger partial charge in [0, 0.05) is 18.0 Å². The topological polar surface area (TPSA) is 34.2 Å². The number of aryl methyl sites for hydroxylation is 3. The quantitative estimate of drug-likeness (QED) is 0.925. The zero-order chi connectivity index (χ0) is 14.7. The lowest BCUT2D eigenvalue weighted by atomic mass is 9.91. The van der Waals surface area contributed by atoms with Crippen molar-refractivity contribution >= 4 is 0 Å². The fourth-order valence-corrected chi connectivity index (χ4v) is 2.71. The van der Waals surface area contributed by atoms with E-state index < -0.39 is 0 Å². The van der Waals surface area contributed by atoms with Gasteiger partial charge in [-0.05, 0) is 62.2 Å². The molecular formula is C17H22N2O. The molecular weight excluding hydrogens is 248 g/mol. The van der Waals surface area contributed by atoms with Crippen molar-refractivity contribution in [3.8, 4) is 5.75 Å². The van der Waals surface area contributed by atoms with E-state index in [-0.39, 0.29) is 6.04 Å². The van der Waals surface area contributed by atoms with Gasteiger partial charge in [-0.15, -0.1) is 0 Å². The number of nitrogens with zero attached hydrogens (tertiary/aromatic N) is 1. The summed E-state index contributed by atoms with van der Waals surface area (Å²) in [5.41, 5.74) is 6.02. The minimum atomic E-state index is 0.0826. The first-order valence-corrected chi connectivity index (χ1v) is 6.81. The fourth-order valence-electron chi connectivity index (χ4n) is 2.71. The van der Waals surface area contributed by atoms with E-state index in [1.165, 1.54) is 27.8 Å². The Morgan fingerprint density at radius 3 is 2.50 bits per heavy atom. The summed E-state index contributed by atoms with van der Waals surface area (Å²) in [6.45, 7) is 6.32. The van der Waals surface area contributed by atoms with E-state index >= 15 is 0 Å². The summed E-state index contributed by atoms with van der Waals surface area (Å²) in [5, 5.41) is 3.39. The second-order valence-electron chi connectivity index (χ2n) is 5.15. The average molecular weight is 270 g/mol. The third-order valence-corrected chi connectivity index (χ3v) is 3.68. The number of aromatic nitrogens is 1. The van der Waals surface area contributed by atoms with Crippen LogP contribution in [0.15, 0.2) is 30.6 Å². The Bertz CT molecular complexity index is 608. The van der Waals surface area contributed by atoms with Gasteiger partial charge in [0.1, 0.15) is 5.75 Å². The molecule has 0 aliphatic carbocycles. The Balaban J connectivity index is 2.61. The maximum atomic E-state index is 5.59. The van der Waals surface area contributed by atoms with E-state index in [0.717, 1.165) is 5.75 Å². The summed E-state index contributed by atoms with van der Waals surface area (Å²) in [4.78, 5) is 4.26. The Hall–Kier alpha value is -1.87. The predicted octanol–water partition coefficient (Wildman–Crippen LogP) is 3.32. The van der Waals surface area contributed by atoms with Crippen molar-refractivity contribution in [3.05, 3.63) is 58.4 Å². The van der Waals surface area contributed by atoms with Gasteiger partial charge in [-0.3, -0.25) is 4.98 Å². The van der Waals surface area contributed by atoms with Gasteiger partial charge in [-0.1, -0.05) is 6.07 Å². The van der Waals surface area contributed by atoms with Gasteiger partial charge in [0.2, 0.25) is 0 Å². The molecule has 106 valence electrons. The van der Waals surface area contributed by atoms with Crippen LogP contribution in [0, 0.1) is 20.8 Å². The van der Waals surface area contributed by atoms with Gasteiger partial charge >= 0.3 is 0 Å². The Morgan fingerprint density at radius 1 is 1.15 bits per heavy atom. The van der Waals surface area contributed by atoms with Crippen LogP contribution in [-0.2, 0) is 0 Å². The highest BCUT2D eigenvalue weighted by atomic mass is 16.5. The zero-order valence-corrected chi connectivity index (χ0v) is 12.8. The Morgan fingerprint density at radius 2 is 1.90 bits per heavy atom. The molecule has 0 spiro atoms. The maximum absolute atomic E-state index is 5.59. The van der Waals surface area contributed by atoms with Crippen molar-refractivity contribution in [2.45, 2.75) is 26.8 Å². The highest BCUT2D eigenvalue weighted by Crippen LogP contribution is 2.34. The number of hydrogen-bond acceptors (Lipinski definition) is 3. The molecule has 20 heavy (non-hydrogen) atoms. The minimum absolute atomic E-state index is 0.0826. The number of pyridine rings is 1. The molecule has 3 nitrogen and oxygen atoms in total. The summed E-state index contributed by atoms with van der Waals surface area (Å²) in [6.07, 6.45) is 3.75. The summed E-state index contributed by atoms with van der Waals surface area (Å²) >= 11 is 0. The van der Waals surface area contributed by atoms with Gasteiger partial charge in [0.05, 0.1) is 13.2 Å². The lowest BCUT2D eigenvalue weighted by Gasteiger charge is -2.23. The molecule has 0 radical (unpaired) electrons. The van der Waals surface area contributed by atoms with Crippen LogP contribution in [0.4, 0.5) is 0 Å². The number of hydrogen-bond donors (Lipinski definition) is 1. The number of benzene rings is 1. The summed E-state index contributed by atoms with van der Waals surface area (Å²) in [7, 11) is 3.69. The van der Waals surface area contributed by atoms with Gasteiger partial charge in [0.15, 0.2) is 0 Å². The van der Waals surface area contributed by atoms with E-state index in [4.69, 9.17) is 4.74 Å². The largest absolute Gasteiger partial charge is 0.496 e. The third kappa shape index (κ3) is 2.68. The molecule has 1 N–H and O–H groups in total. The molecule has 0 saturated carbocycles. The lowest BCUT2D eigenvalue weighted by molar-refractivity contribution is 0.404. The van der Waals surface area contributed by atoms with E-state index in [1.807, 2.05) is 25.5 Å². The monoisotopic (exact) mass is 270 g/mol. The normalized spacial score (nSPS) is 12.2. The van der Waals surface area contributed by atoms with Crippen LogP contribution in [0.25, 0.3) is 0 Å². The maximum Gasteiger partial charge on any atom is 0.124 e. The van der Waals surface area contributed by atoms with Crippen molar-refractivity contribution in [2.75, 3.05) is 14.2 Å². The summed E-state index contributed by atoms with van der Waals surface area (Å²) < 4.78 is 5.59. The van der Waals surface area contributed by atoms with Crippen LogP contribution in [0.3, 0.4) is 0 Å².